The van der Waals surface area contributed by atoms with Gasteiger partial charge in [-0.25, -0.2) is 0 Å². The second-order valence-electron chi connectivity index (χ2n) is 9.91. The van der Waals surface area contributed by atoms with Crippen molar-refractivity contribution in [2.24, 2.45) is 5.92 Å². The molecule has 1 spiro atoms. The van der Waals surface area contributed by atoms with Gasteiger partial charge in [-0.3, -0.25) is 4.79 Å². The van der Waals surface area contributed by atoms with E-state index in [2.05, 4.69) is 7.05 Å². The molecule has 7 heteroatoms. The van der Waals surface area contributed by atoms with Crippen molar-refractivity contribution >= 4 is 5.78 Å². The Morgan fingerprint density at radius 3 is 2.75 bits per heavy atom. The average Bonchev–Trinajstić information content (AvgIpc) is 3.34. The molecule has 3 fully saturated rings. The highest BCUT2D eigenvalue weighted by molar-refractivity contribution is 5.93. The summed E-state index contributed by atoms with van der Waals surface area (Å²) in [5.41, 5.74) is -1.08. The first kappa shape index (κ1) is 17.1. The molecule has 1 saturated heterocycles. The Morgan fingerprint density at radius 2 is 2.04 bits per heavy atom. The Balaban J connectivity index is 1.63. The summed E-state index contributed by atoms with van der Waals surface area (Å²) in [7, 11) is 2.16. The first-order chi connectivity index (χ1) is 13.2. The number of aliphatic hydroxyl groups is 2. The third kappa shape index (κ3) is 1.71. The maximum Gasteiger partial charge on any atom is 0.202 e. The van der Waals surface area contributed by atoms with Crippen molar-refractivity contribution in [3.05, 3.63) is 17.2 Å². The lowest BCUT2D eigenvalue weighted by atomic mass is 9.48. The summed E-state index contributed by atoms with van der Waals surface area (Å²) in [5, 5.41) is 43.8. The minimum Gasteiger partial charge on any atom is -0.508 e. The van der Waals surface area contributed by atoms with Gasteiger partial charge in [0.05, 0.1) is 25.6 Å². The van der Waals surface area contributed by atoms with Crippen LogP contribution in [0.2, 0.25) is 0 Å². The molecular formula is C21H26NO6+. The van der Waals surface area contributed by atoms with Gasteiger partial charge in [0.25, 0.3) is 0 Å². The Bertz CT molecular complexity index is 928. The number of carbonyl (C=O) groups is 1. The molecule has 6 atom stereocenters. The smallest absolute Gasteiger partial charge is 0.202 e. The number of quaternary nitrogens is 1. The largest absolute Gasteiger partial charge is 0.508 e. The number of ketones is 1. The van der Waals surface area contributed by atoms with Gasteiger partial charge in [-0.1, -0.05) is 0 Å². The quantitative estimate of drug-likeness (QED) is 0.545. The van der Waals surface area contributed by atoms with E-state index in [0.717, 1.165) is 13.1 Å². The van der Waals surface area contributed by atoms with Crippen LogP contribution in [-0.4, -0.2) is 74.7 Å². The van der Waals surface area contributed by atoms with E-state index >= 15 is 0 Å². The van der Waals surface area contributed by atoms with Gasteiger partial charge in [-0.05, 0) is 12.8 Å². The number of likely N-dealkylation sites (tertiary alicyclic amines) is 1. The first-order valence-electron chi connectivity index (χ1n) is 10.2. The highest BCUT2D eigenvalue weighted by atomic mass is 16.5. The number of nitrogens with zero attached hydrogens (tertiary/aromatic N) is 1. The summed E-state index contributed by atoms with van der Waals surface area (Å²) in [4.78, 5) is 12.9. The third-order valence-electron chi connectivity index (χ3n) is 8.43. The SMILES string of the molecule is C[N@+]1(CC2CC2)CC[C@]23c4c5c(O)cc(O)c4O[C@H]2C(=O)C(O)C[C@@]3(O)[C@@H]1C5. The van der Waals surface area contributed by atoms with E-state index < -0.39 is 29.0 Å². The number of Topliss-reactive ketones (excluding diaryl/α,β-unsaturated/α-hetero) is 1. The molecule has 6 rings (SSSR count). The Labute approximate surface area is 162 Å². The molecule has 0 radical (unpaired) electrons. The summed E-state index contributed by atoms with van der Waals surface area (Å²) in [6.45, 7) is 1.75. The zero-order chi connectivity index (χ0) is 19.6. The lowest BCUT2D eigenvalue weighted by Gasteiger charge is -2.64. The molecule has 7 nitrogen and oxygen atoms in total. The number of phenolic OH excluding ortho intramolecular Hbond substituents is 2. The number of hydrogen-bond acceptors (Lipinski definition) is 6. The molecule has 5 aliphatic rings. The van der Waals surface area contributed by atoms with Crippen LogP contribution in [0.15, 0.2) is 6.07 Å². The number of carbonyl (C=O) groups excluding carboxylic acids is 1. The minimum absolute atomic E-state index is 0.00892. The lowest BCUT2D eigenvalue weighted by Crippen LogP contribution is -2.82. The van der Waals surface area contributed by atoms with Gasteiger partial charge in [-0.2, -0.15) is 0 Å². The van der Waals surface area contributed by atoms with Gasteiger partial charge in [-0.15, -0.1) is 0 Å². The number of rotatable bonds is 2. The number of aliphatic hydroxyl groups excluding tert-OH is 1. The lowest BCUT2D eigenvalue weighted by molar-refractivity contribution is -0.950. The molecule has 1 aromatic rings. The molecule has 4 N–H and O–H groups in total. The van der Waals surface area contributed by atoms with Crippen molar-refractivity contribution in [1.82, 2.24) is 0 Å². The van der Waals surface area contributed by atoms with Crippen LogP contribution >= 0.6 is 0 Å². The highest BCUT2D eigenvalue weighted by Crippen LogP contribution is 2.67. The van der Waals surface area contributed by atoms with Gasteiger partial charge in [0.2, 0.25) is 5.78 Å². The molecule has 2 heterocycles. The maximum absolute atomic E-state index is 12.9. The second kappa shape index (κ2) is 4.83. The van der Waals surface area contributed by atoms with E-state index in [4.69, 9.17) is 4.74 Å². The average molecular weight is 388 g/mol. The van der Waals surface area contributed by atoms with Crippen LogP contribution in [0.4, 0.5) is 0 Å². The Hall–Kier alpha value is -1.83. The molecular weight excluding hydrogens is 362 g/mol. The number of benzene rings is 1. The van der Waals surface area contributed by atoms with E-state index in [0.29, 0.717) is 34.4 Å². The predicted molar refractivity (Wildman–Crippen MR) is 97.2 cm³/mol. The van der Waals surface area contributed by atoms with Crippen molar-refractivity contribution in [3.8, 4) is 17.2 Å². The fourth-order valence-corrected chi connectivity index (χ4v) is 7.02. The van der Waals surface area contributed by atoms with Crippen LogP contribution in [-0.2, 0) is 16.6 Å². The normalized spacial score (nSPS) is 45.5. The highest BCUT2D eigenvalue weighted by Gasteiger charge is 2.78. The van der Waals surface area contributed by atoms with Gasteiger partial charge in [0, 0.05) is 42.4 Å². The molecule has 2 aliphatic heterocycles. The molecule has 150 valence electrons. The van der Waals surface area contributed by atoms with Crippen LogP contribution in [0, 0.1) is 5.92 Å². The van der Waals surface area contributed by atoms with Crippen molar-refractivity contribution < 1.29 is 34.4 Å². The summed E-state index contributed by atoms with van der Waals surface area (Å²) in [6, 6.07) is 1.03. The van der Waals surface area contributed by atoms with Crippen LogP contribution in [0.25, 0.3) is 0 Å². The zero-order valence-electron chi connectivity index (χ0n) is 15.9. The van der Waals surface area contributed by atoms with Gasteiger partial charge < -0.3 is 29.6 Å². The molecule has 1 aromatic carbocycles. The number of likely N-dealkylation sites (N-methyl/N-ethyl adjacent to an activating group) is 1. The number of piperidine rings is 1. The zero-order valence-corrected chi connectivity index (χ0v) is 15.9. The minimum atomic E-state index is -1.33. The van der Waals surface area contributed by atoms with E-state index in [-0.39, 0.29) is 29.7 Å². The molecule has 0 amide bonds. The number of phenols is 2. The molecule has 3 aliphatic carbocycles. The van der Waals surface area contributed by atoms with Gasteiger partial charge in [0.15, 0.2) is 17.6 Å². The van der Waals surface area contributed by atoms with Crippen LogP contribution < -0.4 is 4.74 Å². The molecule has 0 aromatic heterocycles. The van der Waals surface area contributed by atoms with Crippen LogP contribution in [0.5, 0.6) is 17.2 Å². The van der Waals surface area contributed by atoms with Crippen molar-refractivity contribution in [3.63, 3.8) is 0 Å². The molecule has 2 bridgehead atoms. The predicted octanol–water partition coefficient (Wildman–Crippen LogP) is 0.346. The van der Waals surface area contributed by atoms with Crippen molar-refractivity contribution in [1.29, 1.82) is 0 Å². The molecule has 1 unspecified atom stereocenters. The topological polar surface area (TPSA) is 107 Å². The third-order valence-corrected chi connectivity index (χ3v) is 8.43. The van der Waals surface area contributed by atoms with E-state index in [1.807, 2.05) is 0 Å². The van der Waals surface area contributed by atoms with Gasteiger partial charge >= 0.3 is 0 Å². The summed E-state index contributed by atoms with van der Waals surface area (Å²) >= 11 is 0. The van der Waals surface area contributed by atoms with E-state index in [9.17, 15) is 25.2 Å². The monoisotopic (exact) mass is 388 g/mol. The molecule has 2 saturated carbocycles. The second-order valence-corrected chi connectivity index (χ2v) is 9.91. The van der Waals surface area contributed by atoms with Crippen LogP contribution in [0.3, 0.4) is 0 Å². The summed E-state index contributed by atoms with van der Waals surface area (Å²) in [6.07, 6.45) is 1.03. The van der Waals surface area contributed by atoms with Crippen LogP contribution in [0.1, 0.15) is 36.8 Å². The first-order valence-corrected chi connectivity index (χ1v) is 10.2. The van der Waals surface area contributed by atoms with Crippen molar-refractivity contribution in [2.45, 2.75) is 61.4 Å². The Morgan fingerprint density at radius 1 is 1.29 bits per heavy atom. The Kier molecular flexibility index (Phi) is 2.94. The maximum atomic E-state index is 12.9. The van der Waals surface area contributed by atoms with E-state index in [1.54, 1.807) is 0 Å². The van der Waals surface area contributed by atoms with Crippen molar-refractivity contribution in [2.75, 3.05) is 20.1 Å². The fraction of sp³-hybridized carbons (Fsp3) is 0.667. The van der Waals surface area contributed by atoms with E-state index in [1.165, 1.54) is 18.9 Å². The summed E-state index contributed by atoms with van der Waals surface area (Å²) < 4.78 is 6.61. The summed E-state index contributed by atoms with van der Waals surface area (Å²) in [5.74, 6) is 0.174. The standard InChI is InChI=1S/C21H25NO6/c1-22(9-10-2-3-10)5-4-20-16-11-6-15(22)21(20,27)8-14(25)17(26)19(20)28-18(16)13(24)7-12(11)23/h7,10,14-15,19,25,27H,2-6,8-9H2,1H3,(H-,23,24)/p+1/t14?,15-,19-,20-,21+,22+/m0/s1. The number of hydrogen-bond donors (Lipinski definition) is 4. The van der Waals surface area contributed by atoms with Gasteiger partial charge in [0.1, 0.15) is 23.5 Å². The fourth-order valence-electron chi connectivity index (χ4n) is 7.02. The number of aromatic hydroxyl groups is 2. The molecule has 28 heavy (non-hydrogen) atoms. The number of ether oxygens (including phenoxy) is 1.